The number of aromatic nitrogens is 2. The first-order chi connectivity index (χ1) is 9.76. The van der Waals surface area contributed by atoms with Crippen molar-refractivity contribution >= 4 is 27.6 Å². The van der Waals surface area contributed by atoms with Gasteiger partial charge in [-0.1, -0.05) is 0 Å². The first-order valence-corrected chi connectivity index (χ1v) is 7.77. The zero-order valence-corrected chi connectivity index (χ0v) is 13.3. The number of ether oxygens (including phenoxy) is 1. The van der Waals surface area contributed by atoms with Crippen LogP contribution in [0.25, 0.3) is 0 Å². The normalized spacial score (nSPS) is 16.4. The van der Waals surface area contributed by atoms with Crippen molar-refractivity contribution in [2.75, 3.05) is 43.1 Å². The summed E-state index contributed by atoms with van der Waals surface area (Å²) in [6, 6.07) is 0. The number of hydrogen-bond acceptors (Lipinski definition) is 6. The minimum atomic E-state index is 0.0870. The summed E-state index contributed by atoms with van der Waals surface area (Å²) in [5.41, 5.74) is 0. The minimum Gasteiger partial charge on any atom is -0.394 e. The molecule has 0 saturated carbocycles. The Morgan fingerprint density at radius 2 is 2.20 bits per heavy atom. The maximum atomic E-state index is 8.78. The number of anilines is 2. The van der Waals surface area contributed by atoms with E-state index >= 15 is 0 Å². The molecule has 1 aliphatic rings. The molecule has 1 aliphatic heterocycles. The van der Waals surface area contributed by atoms with Crippen LogP contribution in [0.5, 0.6) is 0 Å². The molecule has 20 heavy (non-hydrogen) atoms. The average Bonchev–Trinajstić information content (AvgIpc) is 2.48. The SMILES string of the molecule is CCNc1ncnc(N2CCC(OCCO)CC2)c1Br. The summed E-state index contributed by atoms with van der Waals surface area (Å²) in [6.07, 6.45) is 3.74. The number of rotatable bonds is 6. The van der Waals surface area contributed by atoms with Gasteiger partial charge in [-0.05, 0) is 35.7 Å². The fraction of sp³-hybridized carbons (Fsp3) is 0.692. The van der Waals surface area contributed by atoms with Gasteiger partial charge in [-0.15, -0.1) is 0 Å². The highest BCUT2D eigenvalue weighted by Gasteiger charge is 2.23. The molecule has 112 valence electrons. The van der Waals surface area contributed by atoms with Gasteiger partial charge in [0.2, 0.25) is 0 Å². The lowest BCUT2D eigenvalue weighted by Gasteiger charge is -2.33. The van der Waals surface area contributed by atoms with E-state index in [4.69, 9.17) is 9.84 Å². The molecule has 6 nitrogen and oxygen atoms in total. The van der Waals surface area contributed by atoms with Gasteiger partial charge >= 0.3 is 0 Å². The van der Waals surface area contributed by atoms with E-state index in [1.165, 1.54) is 0 Å². The van der Waals surface area contributed by atoms with E-state index in [-0.39, 0.29) is 12.7 Å². The number of hydrogen-bond donors (Lipinski definition) is 2. The lowest BCUT2D eigenvalue weighted by atomic mass is 10.1. The number of aliphatic hydroxyl groups is 1. The molecule has 0 aliphatic carbocycles. The van der Waals surface area contributed by atoms with Crippen LogP contribution in [-0.2, 0) is 4.74 Å². The number of aliphatic hydroxyl groups excluding tert-OH is 1. The van der Waals surface area contributed by atoms with Crippen molar-refractivity contribution in [3.8, 4) is 0 Å². The molecule has 0 amide bonds. The van der Waals surface area contributed by atoms with Crippen LogP contribution in [0.1, 0.15) is 19.8 Å². The summed E-state index contributed by atoms with van der Waals surface area (Å²) < 4.78 is 6.49. The van der Waals surface area contributed by atoms with Gasteiger partial charge in [0.25, 0.3) is 0 Å². The Balaban J connectivity index is 1.98. The average molecular weight is 345 g/mol. The van der Waals surface area contributed by atoms with Crippen LogP contribution >= 0.6 is 15.9 Å². The lowest BCUT2D eigenvalue weighted by molar-refractivity contribution is 0.0158. The molecule has 7 heteroatoms. The fourth-order valence-electron chi connectivity index (χ4n) is 2.33. The lowest BCUT2D eigenvalue weighted by Crippen LogP contribution is -2.38. The Kier molecular flexibility index (Phi) is 6.00. The van der Waals surface area contributed by atoms with Gasteiger partial charge in [0.15, 0.2) is 0 Å². The van der Waals surface area contributed by atoms with Crippen LogP contribution in [0, 0.1) is 0 Å². The number of piperidine rings is 1. The van der Waals surface area contributed by atoms with Crippen molar-refractivity contribution in [2.45, 2.75) is 25.9 Å². The quantitative estimate of drug-likeness (QED) is 0.817. The van der Waals surface area contributed by atoms with Crippen molar-refractivity contribution in [1.29, 1.82) is 0 Å². The summed E-state index contributed by atoms with van der Waals surface area (Å²) in [5.74, 6) is 1.76. The summed E-state index contributed by atoms with van der Waals surface area (Å²) in [4.78, 5) is 10.9. The molecule has 0 atom stereocenters. The summed E-state index contributed by atoms with van der Waals surface area (Å²) in [6.45, 7) is 5.18. The Labute approximate surface area is 127 Å². The molecular weight excluding hydrogens is 324 g/mol. The van der Waals surface area contributed by atoms with Crippen LogP contribution in [0.3, 0.4) is 0 Å². The van der Waals surface area contributed by atoms with E-state index in [0.717, 1.165) is 48.6 Å². The molecule has 0 unspecified atom stereocenters. The molecule has 0 radical (unpaired) electrons. The zero-order chi connectivity index (χ0) is 14.4. The van der Waals surface area contributed by atoms with E-state index in [0.29, 0.717) is 6.61 Å². The van der Waals surface area contributed by atoms with Gasteiger partial charge in [-0.25, -0.2) is 9.97 Å². The van der Waals surface area contributed by atoms with E-state index in [1.54, 1.807) is 6.33 Å². The van der Waals surface area contributed by atoms with Gasteiger partial charge in [0, 0.05) is 19.6 Å². The second-order valence-corrected chi connectivity index (χ2v) is 5.46. The maximum Gasteiger partial charge on any atom is 0.148 e. The zero-order valence-electron chi connectivity index (χ0n) is 11.7. The van der Waals surface area contributed by atoms with Crippen molar-refractivity contribution in [2.24, 2.45) is 0 Å². The van der Waals surface area contributed by atoms with Crippen LogP contribution in [-0.4, -0.2) is 54.0 Å². The topological polar surface area (TPSA) is 70.5 Å². The van der Waals surface area contributed by atoms with Crippen LogP contribution in [0.15, 0.2) is 10.8 Å². The predicted octanol–water partition coefficient (Wildman–Crippen LogP) is 1.65. The van der Waals surface area contributed by atoms with Crippen molar-refractivity contribution in [1.82, 2.24) is 9.97 Å². The Morgan fingerprint density at radius 3 is 2.85 bits per heavy atom. The molecule has 1 aromatic rings. The van der Waals surface area contributed by atoms with E-state index in [2.05, 4.69) is 36.1 Å². The first-order valence-electron chi connectivity index (χ1n) is 6.98. The third-order valence-electron chi connectivity index (χ3n) is 3.30. The molecule has 2 rings (SSSR count). The number of nitrogens with one attached hydrogen (secondary N) is 1. The number of halogens is 1. The fourth-order valence-corrected chi connectivity index (χ4v) is 2.92. The first kappa shape index (κ1) is 15.5. The van der Waals surface area contributed by atoms with Crippen molar-refractivity contribution < 1.29 is 9.84 Å². The molecule has 1 fully saturated rings. The molecular formula is C13H21BrN4O2. The minimum absolute atomic E-state index is 0.0870. The maximum absolute atomic E-state index is 8.78. The predicted molar refractivity (Wildman–Crippen MR) is 82.2 cm³/mol. The molecule has 0 bridgehead atoms. The second kappa shape index (κ2) is 7.75. The second-order valence-electron chi connectivity index (χ2n) is 4.67. The Morgan fingerprint density at radius 1 is 1.45 bits per heavy atom. The highest BCUT2D eigenvalue weighted by molar-refractivity contribution is 9.10. The van der Waals surface area contributed by atoms with E-state index in [9.17, 15) is 0 Å². The number of nitrogens with zero attached hydrogens (tertiary/aromatic N) is 3. The standard InChI is InChI=1S/C13H21BrN4O2/c1-2-15-12-11(14)13(17-9-16-12)18-5-3-10(4-6-18)20-8-7-19/h9-10,19H,2-8H2,1H3,(H,15,16,17). The molecule has 1 aromatic heterocycles. The van der Waals surface area contributed by atoms with Gasteiger partial charge in [0.1, 0.15) is 22.4 Å². The van der Waals surface area contributed by atoms with Gasteiger partial charge in [-0.2, -0.15) is 0 Å². The summed E-state index contributed by atoms with van der Waals surface area (Å²) in [7, 11) is 0. The highest BCUT2D eigenvalue weighted by Crippen LogP contribution is 2.31. The van der Waals surface area contributed by atoms with Gasteiger partial charge in [0.05, 0.1) is 19.3 Å². The Hall–Kier alpha value is -0.920. The molecule has 0 aromatic carbocycles. The van der Waals surface area contributed by atoms with Gasteiger partial charge in [-0.3, -0.25) is 0 Å². The van der Waals surface area contributed by atoms with Crippen LogP contribution in [0.2, 0.25) is 0 Å². The molecule has 2 N–H and O–H groups in total. The van der Waals surface area contributed by atoms with Crippen LogP contribution in [0.4, 0.5) is 11.6 Å². The largest absolute Gasteiger partial charge is 0.394 e. The monoisotopic (exact) mass is 344 g/mol. The summed E-state index contributed by atoms with van der Waals surface area (Å²) >= 11 is 3.58. The Bertz CT molecular complexity index is 425. The van der Waals surface area contributed by atoms with Crippen LogP contribution < -0.4 is 10.2 Å². The smallest absolute Gasteiger partial charge is 0.148 e. The highest BCUT2D eigenvalue weighted by atomic mass is 79.9. The molecule has 1 saturated heterocycles. The molecule has 0 spiro atoms. The van der Waals surface area contributed by atoms with E-state index < -0.39 is 0 Å². The third kappa shape index (κ3) is 3.80. The van der Waals surface area contributed by atoms with Crippen molar-refractivity contribution in [3.63, 3.8) is 0 Å². The van der Waals surface area contributed by atoms with Gasteiger partial charge < -0.3 is 20.1 Å². The van der Waals surface area contributed by atoms with Crippen molar-refractivity contribution in [3.05, 3.63) is 10.8 Å². The van der Waals surface area contributed by atoms with E-state index in [1.807, 2.05) is 6.92 Å². The summed E-state index contributed by atoms with van der Waals surface area (Å²) in [5, 5.41) is 12.0. The molecule has 2 heterocycles. The third-order valence-corrected chi connectivity index (χ3v) is 4.03.